The fourth-order valence-corrected chi connectivity index (χ4v) is 4.16. The first-order valence-corrected chi connectivity index (χ1v) is 12.4. The highest BCUT2D eigenvalue weighted by Crippen LogP contribution is 2.34. The summed E-state index contributed by atoms with van der Waals surface area (Å²) in [5, 5.41) is 9.22. The number of carboxylic acid groups (broad SMARTS) is 1. The average Bonchev–Trinajstić information content (AvgIpc) is 2.81. The van der Waals surface area contributed by atoms with Gasteiger partial charge in [0, 0.05) is 5.56 Å². The normalized spacial score (nSPS) is 10.7. The Morgan fingerprint density at radius 2 is 1.36 bits per heavy atom. The van der Waals surface area contributed by atoms with Crippen molar-refractivity contribution >= 4 is 12.1 Å². The van der Waals surface area contributed by atoms with Crippen molar-refractivity contribution in [3.63, 3.8) is 0 Å². The van der Waals surface area contributed by atoms with Gasteiger partial charge in [-0.2, -0.15) is 0 Å². The minimum atomic E-state index is -1.34. The molecule has 0 radical (unpaired) electrons. The molecule has 0 heterocycles. The summed E-state index contributed by atoms with van der Waals surface area (Å²) < 4.78 is 10.3. The fraction of sp³-hybridized carbons (Fsp3) is 0.500. The largest absolute Gasteiger partial charge is 0.511 e. The van der Waals surface area contributed by atoms with Crippen LogP contribution in [0.5, 0.6) is 5.75 Å². The van der Waals surface area contributed by atoms with E-state index in [0.717, 1.165) is 29.5 Å². The van der Waals surface area contributed by atoms with Crippen molar-refractivity contribution in [2.45, 2.75) is 84.5 Å². The monoisotopic (exact) mass is 454 g/mol. The Kier molecular flexibility index (Phi) is 12.1. The molecule has 2 rings (SSSR count). The molecule has 180 valence electrons. The summed E-state index contributed by atoms with van der Waals surface area (Å²) in [6.07, 6.45) is 11.6. The SMILES string of the molecule is CCCCCCCCCCCCc1c(OC(=O)O)cccc1-c1ccccc1C(=O)OCC. The number of carbonyl (C=O) groups is 2. The van der Waals surface area contributed by atoms with E-state index in [9.17, 15) is 14.7 Å². The number of rotatable bonds is 15. The molecule has 0 bridgehead atoms. The third kappa shape index (κ3) is 8.91. The molecule has 0 saturated carbocycles. The van der Waals surface area contributed by atoms with E-state index in [-0.39, 0.29) is 5.97 Å². The predicted molar refractivity (Wildman–Crippen MR) is 132 cm³/mol. The number of ether oxygens (including phenoxy) is 2. The first kappa shape index (κ1) is 26.4. The second-order valence-electron chi connectivity index (χ2n) is 8.35. The van der Waals surface area contributed by atoms with Crippen LogP contribution in [0.2, 0.25) is 0 Å². The zero-order valence-electron chi connectivity index (χ0n) is 20.1. The third-order valence-electron chi connectivity index (χ3n) is 5.82. The zero-order valence-corrected chi connectivity index (χ0v) is 20.1. The van der Waals surface area contributed by atoms with Gasteiger partial charge < -0.3 is 14.6 Å². The molecule has 5 heteroatoms. The van der Waals surface area contributed by atoms with Gasteiger partial charge in [-0.25, -0.2) is 9.59 Å². The maximum Gasteiger partial charge on any atom is 0.511 e. The van der Waals surface area contributed by atoms with E-state index in [2.05, 4.69) is 6.92 Å². The van der Waals surface area contributed by atoms with Crippen LogP contribution in [0, 0.1) is 0 Å². The van der Waals surface area contributed by atoms with Crippen molar-refractivity contribution in [2.24, 2.45) is 0 Å². The molecule has 0 atom stereocenters. The minimum absolute atomic E-state index is 0.292. The van der Waals surface area contributed by atoms with Crippen LogP contribution >= 0.6 is 0 Å². The van der Waals surface area contributed by atoms with Crippen LogP contribution in [0.1, 0.15) is 94.0 Å². The standard InChI is InChI=1S/C28H38O5/c1-3-5-6-7-8-9-10-11-12-13-18-24-22(20-16-21-26(24)33-28(30)31)23-17-14-15-19-25(23)27(29)32-4-2/h14-17,19-21H,3-13,18H2,1-2H3,(H,30,31). The Morgan fingerprint density at radius 1 is 0.758 bits per heavy atom. The highest BCUT2D eigenvalue weighted by Gasteiger charge is 2.19. The molecule has 2 aromatic carbocycles. The van der Waals surface area contributed by atoms with Gasteiger partial charge in [-0.05, 0) is 43.0 Å². The molecule has 0 amide bonds. The molecule has 2 aromatic rings. The van der Waals surface area contributed by atoms with E-state index in [1.54, 1.807) is 31.2 Å². The molecule has 0 saturated heterocycles. The summed E-state index contributed by atoms with van der Waals surface area (Å²) in [7, 11) is 0. The van der Waals surface area contributed by atoms with E-state index in [1.807, 2.05) is 18.2 Å². The van der Waals surface area contributed by atoms with E-state index in [0.29, 0.717) is 24.3 Å². The number of carbonyl (C=O) groups excluding carboxylic acids is 1. The molecule has 0 aliphatic rings. The van der Waals surface area contributed by atoms with Crippen LogP contribution in [0.4, 0.5) is 4.79 Å². The van der Waals surface area contributed by atoms with E-state index < -0.39 is 6.16 Å². The minimum Gasteiger partial charge on any atom is -0.462 e. The van der Waals surface area contributed by atoms with Gasteiger partial charge in [-0.1, -0.05) is 95.0 Å². The van der Waals surface area contributed by atoms with Gasteiger partial charge in [0.1, 0.15) is 5.75 Å². The highest BCUT2D eigenvalue weighted by molar-refractivity contribution is 5.98. The number of benzene rings is 2. The fourth-order valence-electron chi connectivity index (χ4n) is 4.16. The predicted octanol–water partition coefficient (Wildman–Crippen LogP) is 8.05. The maximum atomic E-state index is 12.5. The zero-order chi connectivity index (χ0) is 23.9. The van der Waals surface area contributed by atoms with Crippen molar-refractivity contribution < 1.29 is 24.2 Å². The molecular formula is C28H38O5. The quantitative estimate of drug-likeness (QED) is 0.167. The second kappa shape index (κ2) is 15.1. The van der Waals surface area contributed by atoms with Gasteiger partial charge in [0.15, 0.2) is 0 Å². The second-order valence-corrected chi connectivity index (χ2v) is 8.35. The van der Waals surface area contributed by atoms with E-state index in [1.165, 1.54) is 51.4 Å². The molecule has 0 aliphatic heterocycles. The highest BCUT2D eigenvalue weighted by atomic mass is 16.7. The Balaban J connectivity index is 2.09. The Morgan fingerprint density at radius 3 is 2.00 bits per heavy atom. The van der Waals surface area contributed by atoms with Gasteiger partial charge in [0.25, 0.3) is 0 Å². The van der Waals surface area contributed by atoms with Gasteiger partial charge >= 0.3 is 12.1 Å². The van der Waals surface area contributed by atoms with E-state index in [4.69, 9.17) is 9.47 Å². The van der Waals surface area contributed by atoms with Crippen LogP contribution in [0.3, 0.4) is 0 Å². The lowest BCUT2D eigenvalue weighted by molar-refractivity contribution is 0.0527. The van der Waals surface area contributed by atoms with Crippen molar-refractivity contribution in [1.82, 2.24) is 0 Å². The summed E-state index contributed by atoms with van der Waals surface area (Å²) in [6.45, 7) is 4.31. The molecule has 0 aromatic heterocycles. The lowest BCUT2D eigenvalue weighted by Crippen LogP contribution is -2.09. The molecular weight excluding hydrogens is 416 g/mol. The van der Waals surface area contributed by atoms with Crippen molar-refractivity contribution in [2.75, 3.05) is 6.61 Å². The smallest absolute Gasteiger partial charge is 0.462 e. The summed E-state index contributed by atoms with van der Waals surface area (Å²) in [4.78, 5) is 23.8. The van der Waals surface area contributed by atoms with Gasteiger partial charge in [0.2, 0.25) is 0 Å². The molecule has 0 aliphatic carbocycles. The first-order valence-electron chi connectivity index (χ1n) is 12.4. The summed E-state index contributed by atoms with van der Waals surface area (Å²) in [5.74, 6) is -0.0582. The lowest BCUT2D eigenvalue weighted by atomic mass is 9.92. The maximum absolute atomic E-state index is 12.5. The molecule has 0 unspecified atom stereocenters. The van der Waals surface area contributed by atoms with Crippen molar-refractivity contribution in [3.05, 3.63) is 53.6 Å². The summed E-state index contributed by atoms with van der Waals surface area (Å²) in [5.41, 5.74) is 2.83. The van der Waals surface area contributed by atoms with E-state index >= 15 is 0 Å². The molecule has 5 nitrogen and oxygen atoms in total. The van der Waals surface area contributed by atoms with Crippen molar-refractivity contribution in [1.29, 1.82) is 0 Å². The lowest BCUT2D eigenvalue weighted by Gasteiger charge is -2.16. The molecule has 0 fully saturated rings. The van der Waals surface area contributed by atoms with Crippen LogP contribution in [-0.2, 0) is 11.2 Å². The third-order valence-corrected chi connectivity index (χ3v) is 5.82. The number of unbranched alkanes of at least 4 members (excludes halogenated alkanes) is 9. The van der Waals surface area contributed by atoms with Gasteiger partial charge in [-0.15, -0.1) is 0 Å². The number of hydrogen-bond donors (Lipinski definition) is 1. The van der Waals surface area contributed by atoms with Gasteiger partial charge in [-0.3, -0.25) is 0 Å². The van der Waals surface area contributed by atoms with Crippen LogP contribution < -0.4 is 4.74 Å². The summed E-state index contributed by atoms with van der Waals surface area (Å²) in [6, 6.07) is 12.6. The van der Waals surface area contributed by atoms with Gasteiger partial charge in [0.05, 0.1) is 12.2 Å². The van der Waals surface area contributed by atoms with Crippen LogP contribution in [0.15, 0.2) is 42.5 Å². The van der Waals surface area contributed by atoms with Crippen LogP contribution in [0.25, 0.3) is 11.1 Å². The van der Waals surface area contributed by atoms with Crippen LogP contribution in [-0.4, -0.2) is 23.8 Å². The number of hydrogen-bond acceptors (Lipinski definition) is 4. The first-order chi connectivity index (χ1) is 16.1. The Hall–Kier alpha value is -2.82. The summed E-state index contributed by atoms with van der Waals surface area (Å²) >= 11 is 0. The molecule has 1 N–H and O–H groups in total. The molecule has 0 spiro atoms. The Labute approximate surface area is 198 Å². The number of esters is 1. The Bertz CT molecular complexity index is 874. The topological polar surface area (TPSA) is 72.8 Å². The van der Waals surface area contributed by atoms with Crippen molar-refractivity contribution in [3.8, 4) is 16.9 Å². The average molecular weight is 455 g/mol. The molecule has 33 heavy (non-hydrogen) atoms.